The molecule has 1 amide bonds. The van der Waals surface area contributed by atoms with Gasteiger partial charge in [-0.05, 0) is 30.5 Å². The van der Waals surface area contributed by atoms with E-state index in [0.717, 1.165) is 37.2 Å². The molecule has 2 aromatic rings. The maximum Gasteiger partial charge on any atom is 0.222 e. The minimum absolute atomic E-state index is 0.207. The lowest BCUT2D eigenvalue weighted by Gasteiger charge is -2.16. The van der Waals surface area contributed by atoms with Gasteiger partial charge in [-0.1, -0.05) is 17.3 Å². The van der Waals surface area contributed by atoms with E-state index in [2.05, 4.69) is 10.3 Å². The van der Waals surface area contributed by atoms with Crippen LogP contribution in [-0.2, 0) is 11.2 Å². The van der Waals surface area contributed by atoms with Gasteiger partial charge in [0.05, 0.1) is 19.3 Å². The van der Waals surface area contributed by atoms with Gasteiger partial charge in [0.15, 0.2) is 0 Å². The summed E-state index contributed by atoms with van der Waals surface area (Å²) in [5.74, 6) is 1.05. The smallest absolute Gasteiger partial charge is 0.222 e. The second-order valence-electron chi connectivity index (χ2n) is 5.51. The molecule has 6 heteroatoms. The Balaban J connectivity index is 1.50. The largest absolute Gasteiger partial charge is 0.497 e. The lowest BCUT2D eigenvalue weighted by atomic mass is 10.1. The molecule has 1 aromatic heterocycles. The Morgan fingerprint density at radius 2 is 2.18 bits per heavy atom. The van der Waals surface area contributed by atoms with Crippen LogP contribution >= 0.6 is 0 Å². The van der Waals surface area contributed by atoms with Gasteiger partial charge in [0, 0.05) is 25.7 Å². The van der Waals surface area contributed by atoms with E-state index in [-0.39, 0.29) is 11.9 Å². The van der Waals surface area contributed by atoms with Gasteiger partial charge < -0.3 is 9.64 Å². The summed E-state index contributed by atoms with van der Waals surface area (Å²) in [4.78, 5) is 14.2. The van der Waals surface area contributed by atoms with Crippen LogP contribution in [-0.4, -0.2) is 46.0 Å². The molecule has 22 heavy (non-hydrogen) atoms. The van der Waals surface area contributed by atoms with Crippen molar-refractivity contribution in [2.24, 2.45) is 0 Å². The zero-order valence-corrected chi connectivity index (χ0v) is 12.7. The van der Waals surface area contributed by atoms with Gasteiger partial charge in [0.1, 0.15) is 5.75 Å². The fourth-order valence-corrected chi connectivity index (χ4v) is 2.80. The van der Waals surface area contributed by atoms with E-state index < -0.39 is 0 Å². The second-order valence-corrected chi connectivity index (χ2v) is 5.51. The quantitative estimate of drug-likeness (QED) is 0.843. The van der Waals surface area contributed by atoms with E-state index in [1.165, 1.54) is 0 Å². The lowest BCUT2D eigenvalue weighted by molar-refractivity contribution is -0.130. The van der Waals surface area contributed by atoms with Crippen LogP contribution < -0.4 is 4.74 Å². The average Bonchev–Trinajstić information content (AvgIpc) is 3.23. The average molecular weight is 300 g/mol. The highest BCUT2D eigenvalue weighted by atomic mass is 16.5. The number of aromatic nitrogens is 3. The van der Waals surface area contributed by atoms with Crippen LogP contribution in [0.25, 0.3) is 0 Å². The number of benzene rings is 1. The zero-order chi connectivity index (χ0) is 15.4. The third-order valence-electron chi connectivity index (χ3n) is 4.12. The minimum Gasteiger partial charge on any atom is -0.497 e. The van der Waals surface area contributed by atoms with Gasteiger partial charge in [0.25, 0.3) is 0 Å². The first kappa shape index (κ1) is 14.6. The van der Waals surface area contributed by atoms with Crippen LogP contribution in [0.3, 0.4) is 0 Å². The molecular weight excluding hydrogens is 280 g/mol. The van der Waals surface area contributed by atoms with E-state index >= 15 is 0 Å². The van der Waals surface area contributed by atoms with Crippen molar-refractivity contribution in [2.75, 3.05) is 20.2 Å². The standard InChI is InChI=1S/C16H20N4O2/c1-22-15-5-2-13(3-6-15)4-7-16(21)19-10-8-14(12-19)20-11-9-17-18-20/h2-3,5-6,9,11,14H,4,7-8,10,12H2,1H3. The number of methoxy groups -OCH3 is 1. The van der Waals surface area contributed by atoms with E-state index in [1.807, 2.05) is 40.0 Å². The minimum atomic E-state index is 0.207. The Labute approximate surface area is 129 Å². The molecule has 116 valence electrons. The lowest BCUT2D eigenvalue weighted by Crippen LogP contribution is -2.29. The van der Waals surface area contributed by atoms with Crippen LogP contribution in [0, 0.1) is 0 Å². The number of nitrogens with zero attached hydrogens (tertiary/aromatic N) is 4. The molecule has 0 spiro atoms. The van der Waals surface area contributed by atoms with E-state index in [0.29, 0.717) is 6.42 Å². The molecule has 0 N–H and O–H groups in total. The van der Waals surface area contributed by atoms with Crippen molar-refractivity contribution in [3.05, 3.63) is 42.2 Å². The summed E-state index contributed by atoms with van der Waals surface area (Å²) >= 11 is 0. The monoisotopic (exact) mass is 300 g/mol. The van der Waals surface area contributed by atoms with Crippen LogP contribution in [0.1, 0.15) is 24.4 Å². The zero-order valence-electron chi connectivity index (χ0n) is 12.7. The fraction of sp³-hybridized carbons (Fsp3) is 0.438. The molecule has 1 saturated heterocycles. The first-order valence-corrected chi connectivity index (χ1v) is 7.53. The molecular formula is C16H20N4O2. The van der Waals surface area contributed by atoms with Crippen molar-refractivity contribution in [3.8, 4) is 5.75 Å². The number of hydrogen-bond acceptors (Lipinski definition) is 4. The third-order valence-corrected chi connectivity index (χ3v) is 4.12. The van der Waals surface area contributed by atoms with Gasteiger partial charge in [-0.25, -0.2) is 4.68 Å². The highest BCUT2D eigenvalue weighted by Crippen LogP contribution is 2.21. The number of aryl methyl sites for hydroxylation is 1. The normalized spacial score (nSPS) is 17.7. The van der Waals surface area contributed by atoms with Gasteiger partial charge in [0.2, 0.25) is 5.91 Å². The predicted octanol–water partition coefficient (Wildman–Crippen LogP) is 1.69. The molecule has 2 heterocycles. The van der Waals surface area contributed by atoms with Gasteiger partial charge in [-0.3, -0.25) is 4.79 Å². The van der Waals surface area contributed by atoms with E-state index in [1.54, 1.807) is 13.3 Å². The summed E-state index contributed by atoms with van der Waals surface area (Å²) in [5, 5.41) is 7.84. The molecule has 0 aliphatic carbocycles. The number of hydrogen-bond donors (Lipinski definition) is 0. The van der Waals surface area contributed by atoms with Crippen LogP contribution in [0.5, 0.6) is 5.75 Å². The number of likely N-dealkylation sites (tertiary alicyclic amines) is 1. The SMILES string of the molecule is COc1ccc(CCC(=O)N2CCC(n3ccnn3)C2)cc1. The Hall–Kier alpha value is -2.37. The molecule has 1 unspecified atom stereocenters. The number of carbonyl (C=O) groups excluding carboxylic acids is 1. The summed E-state index contributed by atoms with van der Waals surface area (Å²) in [6.45, 7) is 1.52. The summed E-state index contributed by atoms with van der Waals surface area (Å²) in [5.41, 5.74) is 1.15. The number of rotatable bonds is 5. The van der Waals surface area contributed by atoms with Crippen molar-refractivity contribution in [1.29, 1.82) is 0 Å². The predicted molar refractivity (Wildman–Crippen MR) is 81.6 cm³/mol. The molecule has 6 nitrogen and oxygen atoms in total. The molecule has 1 aliphatic rings. The Bertz CT molecular complexity index is 610. The first-order chi connectivity index (χ1) is 10.8. The molecule has 0 bridgehead atoms. The summed E-state index contributed by atoms with van der Waals surface area (Å²) in [6, 6.07) is 8.13. The Morgan fingerprint density at radius 3 is 2.86 bits per heavy atom. The molecule has 0 saturated carbocycles. The van der Waals surface area contributed by atoms with E-state index in [4.69, 9.17) is 4.74 Å². The van der Waals surface area contributed by atoms with Crippen molar-refractivity contribution in [3.63, 3.8) is 0 Å². The summed E-state index contributed by atoms with van der Waals surface area (Å²) in [6.07, 6.45) is 5.77. The van der Waals surface area contributed by atoms with Crippen LogP contribution in [0.15, 0.2) is 36.7 Å². The van der Waals surface area contributed by atoms with Crippen LogP contribution in [0.2, 0.25) is 0 Å². The highest BCUT2D eigenvalue weighted by molar-refractivity contribution is 5.76. The number of ether oxygens (including phenoxy) is 1. The number of amides is 1. The number of carbonyl (C=O) groups is 1. The van der Waals surface area contributed by atoms with Crippen molar-refractivity contribution >= 4 is 5.91 Å². The fourth-order valence-electron chi connectivity index (χ4n) is 2.80. The first-order valence-electron chi connectivity index (χ1n) is 7.53. The molecule has 0 radical (unpaired) electrons. The van der Waals surface area contributed by atoms with Crippen molar-refractivity contribution in [1.82, 2.24) is 19.9 Å². The maximum atomic E-state index is 12.3. The van der Waals surface area contributed by atoms with E-state index in [9.17, 15) is 4.79 Å². The van der Waals surface area contributed by atoms with Gasteiger partial charge in [-0.15, -0.1) is 5.10 Å². The topological polar surface area (TPSA) is 60.2 Å². The molecule has 1 aromatic carbocycles. The third kappa shape index (κ3) is 3.27. The summed E-state index contributed by atoms with van der Waals surface area (Å²) in [7, 11) is 1.65. The Morgan fingerprint density at radius 1 is 1.36 bits per heavy atom. The molecule has 1 aliphatic heterocycles. The van der Waals surface area contributed by atoms with Crippen LogP contribution in [0.4, 0.5) is 0 Å². The second kappa shape index (κ2) is 6.60. The van der Waals surface area contributed by atoms with Crippen molar-refractivity contribution < 1.29 is 9.53 Å². The van der Waals surface area contributed by atoms with Gasteiger partial charge in [-0.2, -0.15) is 0 Å². The maximum absolute atomic E-state index is 12.3. The molecule has 1 fully saturated rings. The molecule has 1 atom stereocenters. The van der Waals surface area contributed by atoms with Crippen molar-refractivity contribution in [2.45, 2.75) is 25.3 Å². The van der Waals surface area contributed by atoms with Gasteiger partial charge >= 0.3 is 0 Å². The Kier molecular flexibility index (Phi) is 4.37. The summed E-state index contributed by atoms with van der Waals surface area (Å²) < 4.78 is 6.98. The molecule has 3 rings (SSSR count). The highest BCUT2D eigenvalue weighted by Gasteiger charge is 2.27.